The first-order valence-electron chi connectivity index (χ1n) is 6.54. The predicted octanol–water partition coefficient (Wildman–Crippen LogP) is 2.16. The molecule has 0 aromatic rings. The Hall–Kier alpha value is 0.0969. The fraction of sp³-hybridized carbons (Fsp3) is 1.00. The van der Waals surface area contributed by atoms with Gasteiger partial charge in [0.15, 0.2) is 8.32 Å². The molecule has 0 spiro atoms. The number of hydrogen-bond acceptors (Lipinski definition) is 3. The molecule has 0 saturated carbocycles. The van der Waals surface area contributed by atoms with E-state index in [-0.39, 0.29) is 0 Å². The minimum absolute atomic E-state index is 1.11. The first-order chi connectivity index (χ1) is 7.55. The molecule has 0 amide bonds. The molecule has 0 heterocycles. The first kappa shape index (κ1) is 16.1. The average molecular weight is 246 g/mol. The number of rotatable bonds is 10. The second-order valence-corrected chi connectivity index (χ2v) is 9.27. The van der Waals surface area contributed by atoms with Crippen molar-refractivity contribution in [3.63, 3.8) is 0 Å². The van der Waals surface area contributed by atoms with E-state index in [1.54, 1.807) is 0 Å². The molecule has 0 aromatic heterocycles. The van der Waals surface area contributed by atoms with Gasteiger partial charge in [-0.25, -0.2) is 0 Å². The Morgan fingerprint density at radius 2 is 1.75 bits per heavy atom. The second kappa shape index (κ2) is 9.16. The van der Waals surface area contributed by atoms with Crippen molar-refractivity contribution in [3.05, 3.63) is 0 Å². The van der Waals surface area contributed by atoms with Gasteiger partial charge in [0.25, 0.3) is 0 Å². The summed E-state index contributed by atoms with van der Waals surface area (Å²) in [5.41, 5.74) is 0. The Kier molecular flexibility index (Phi) is 9.22. The molecule has 4 heteroatoms. The van der Waals surface area contributed by atoms with E-state index in [0.29, 0.717) is 0 Å². The SMILES string of the molecule is CCN(CC)CCNCCC[Si](C)(C)OC. The van der Waals surface area contributed by atoms with Crippen molar-refractivity contribution in [2.75, 3.05) is 39.8 Å². The lowest BCUT2D eigenvalue weighted by molar-refractivity contribution is 0.302. The molecule has 0 saturated heterocycles. The third kappa shape index (κ3) is 8.27. The Balaban J connectivity index is 3.34. The minimum Gasteiger partial charge on any atom is -0.420 e. The molecule has 0 aromatic carbocycles. The zero-order chi connectivity index (χ0) is 12.4. The fourth-order valence-corrected chi connectivity index (χ4v) is 2.88. The van der Waals surface area contributed by atoms with Gasteiger partial charge in [-0.05, 0) is 45.2 Å². The van der Waals surface area contributed by atoms with Gasteiger partial charge < -0.3 is 14.6 Å². The van der Waals surface area contributed by atoms with Crippen LogP contribution in [0.25, 0.3) is 0 Å². The molecule has 98 valence electrons. The largest absolute Gasteiger partial charge is 0.420 e. The van der Waals surface area contributed by atoms with E-state index in [2.05, 4.69) is 37.2 Å². The van der Waals surface area contributed by atoms with Crippen LogP contribution in [0.3, 0.4) is 0 Å². The summed E-state index contributed by atoms with van der Waals surface area (Å²) in [4.78, 5) is 2.45. The van der Waals surface area contributed by atoms with E-state index in [1.165, 1.54) is 12.5 Å². The summed E-state index contributed by atoms with van der Waals surface area (Å²) in [5, 5.41) is 3.51. The summed E-state index contributed by atoms with van der Waals surface area (Å²) in [6.45, 7) is 14.7. The topological polar surface area (TPSA) is 24.5 Å². The highest BCUT2D eigenvalue weighted by Gasteiger charge is 2.19. The average Bonchev–Trinajstić information content (AvgIpc) is 2.28. The van der Waals surface area contributed by atoms with Crippen molar-refractivity contribution in [2.45, 2.75) is 39.4 Å². The summed E-state index contributed by atoms with van der Waals surface area (Å²) >= 11 is 0. The summed E-state index contributed by atoms with van der Waals surface area (Å²) in [5.74, 6) is 0. The minimum atomic E-state index is -1.32. The maximum atomic E-state index is 5.52. The van der Waals surface area contributed by atoms with Crippen LogP contribution in [0.2, 0.25) is 19.1 Å². The van der Waals surface area contributed by atoms with Crippen molar-refractivity contribution in [1.82, 2.24) is 10.2 Å². The number of nitrogens with zero attached hydrogens (tertiary/aromatic N) is 1. The maximum absolute atomic E-state index is 5.52. The van der Waals surface area contributed by atoms with Gasteiger partial charge in [0, 0.05) is 20.2 Å². The van der Waals surface area contributed by atoms with E-state index in [0.717, 1.165) is 32.7 Å². The highest BCUT2D eigenvalue weighted by molar-refractivity contribution is 6.71. The molecule has 16 heavy (non-hydrogen) atoms. The van der Waals surface area contributed by atoms with Gasteiger partial charge in [0.1, 0.15) is 0 Å². The lowest BCUT2D eigenvalue weighted by atomic mass is 10.4. The van der Waals surface area contributed by atoms with Crippen molar-refractivity contribution in [1.29, 1.82) is 0 Å². The normalized spacial score (nSPS) is 12.4. The van der Waals surface area contributed by atoms with Gasteiger partial charge in [-0.1, -0.05) is 13.8 Å². The van der Waals surface area contributed by atoms with Gasteiger partial charge in [-0.15, -0.1) is 0 Å². The lowest BCUT2D eigenvalue weighted by Gasteiger charge is -2.20. The van der Waals surface area contributed by atoms with Gasteiger partial charge in [0.2, 0.25) is 0 Å². The molecule has 1 N–H and O–H groups in total. The third-order valence-corrected chi connectivity index (χ3v) is 5.85. The third-order valence-electron chi connectivity index (χ3n) is 3.18. The van der Waals surface area contributed by atoms with Crippen molar-refractivity contribution in [3.8, 4) is 0 Å². The van der Waals surface area contributed by atoms with Crippen molar-refractivity contribution >= 4 is 8.32 Å². The highest BCUT2D eigenvalue weighted by atomic mass is 28.4. The first-order valence-corrected chi connectivity index (χ1v) is 9.65. The van der Waals surface area contributed by atoms with Gasteiger partial charge in [-0.2, -0.15) is 0 Å². The molecular weight excluding hydrogens is 216 g/mol. The standard InChI is InChI=1S/C12H30N2OSi/c1-6-14(7-2)11-10-13-9-8-12-16(4,5)15-3/h13H,6-12H2,1-5H3. The second-order valence-electron chi connectivity index (χ2n) is 4.84. The molecule has 0 radical (unpaired) electrons. The van der Waals surface area contributed by atoms with Crippen LogP contribution in [0.5, 0.6) is 0 Å². The van der Waals surface area contributed by atoms with E-state index < -0.39 is 8.32 Å². The number of hydrogen-bond donors (Lipinski definition) is 1. The van der Waals surface area contributed by atoms with Gasteiger partial charge in [-0.3, -0.25) is 0 Å². The quantitative estimate of drug-likeness (QED) is 0.472. The van der Waals surface area contributed by atoms with Crippen LogP contribution in [0, 0.1) is 0 Å². The highest BCUT2D eigenvalue weighted by Crippen LogP contribution is 2.11. The number of likely N-dealkylation sites (N-methyl/N-ethyl adjacent to an activating group) is 1. The predicted molar refractivity (Wildman–Crippen MR) is 74.6 cm³/mol. The van der Waals surface area contributed by atoms with Crippen LogP contribution in [0.4, 0.5) is 0 Å². The van der Waals surface area contributed by atoms with E-state index in [1.807, 2.05) is 7.11 Å². The zero-order valence-electron chi connectivity index (χ0n) is 11.8. The van der Waals surface area contributed by atoms with Crippen molar-refractivity contribution < 1.29 is 4.43 Å². The Bertz CT molecular complexity index is 161. The summed E-state index contributed by atoms with van der Waals surface area (Å²) in [6.07, 6.45) is 1.24. The zero-order valence-corrected chi connectivity index (χ0v) is 12.8. The fourth-order valence-electron chi connectivity index (χ4n) is 1.64. The summed E-state index contributed by atoms with van der Waals surface area (Å²) in [6, 6.07) is 1.25. The van der Waals surface area contributed by atoms with E-state index >= 15 is 0 Å². The Morgan fingerprint density at radius 3 is 2.25 bits per heavy atom. The molecule has 0 bridgehead atoms. The molecule has 3 nitrogen and oxygen atoms in total. The molecule has 0 aliphatic rings. The molecule has 0 aliphatic carbocycles. The van der Waals surface area contributed by atoms with Crippen LogP contribution in [-0.2, 0) is 4.43 Å². The molecule has 0 unspecified atom stereocenters. The van der Waals surface area contributed by atoms with Crippen LogP contribution >= 0.6 is 0 Å². The maximum Gasteiger partial charge on any atom is 0.186 e. The van der Waals surface area contributed by atoms with Crippen LogP contribution in [-0.4, -0.2) is 53.1 Å². The lowest BCUT2D eigenvalue weighted by Crippen LogP contribution is -2.33. The molecule has 0 atom stereocenters. The smallest absolute Gasteiger partial charge is 0.186 e. The summed E-state index contributed by atoms with van der Waals surface area (Å²) < 4.78 is 5.52. The Labute approximate surface area is 103 Å². The molecule has 0 aliphatic heterocycles. The monoisotopic (exact) mass is 246 g/mol. The van der Waals surface area contributed by atoms with Gasteiger partial charge >= 0.3 is 0 Å². The Morgan fingerprint density at radius 1 is 1.12 bits per heavy atom. The molecule has 0 rings (SSSR count). The molecule has 0 fully saturated rings. The van der Waals surface area contributed by atoms with E-state index in [4.69, 9.17) is 4.43 Å². The summed E-state index contributed by atoms with van der Waals surface area (Å²) in [7, 11) is 0.524. The van der Waals surface area contributed by atoms with Crippen LogP contribution in [0.15, 0.2) is 0 Å². The molecular formula is C12H30N2OSi. The number of nitrogens with one attached hydrogen (secondary N) is 1. The van der Waals surface area contributed by atoms with Crippen LogP contribution in [0.1, 0.15) is 20.3 Å². The van der Waals surface area contributed by atoms with E-state index in [9.17, 15) is 0 Å². The van der Waals surface area contributed by atoms with Crippen LogP contribution < -0.4 is 5.32 Å². The van der Waals surface area contributed by atoms with Crippen molar-refractivity contribution in [2.24, 2.45) is 0 Å². The van der Waals surface area contributed by atoms with Gasteiger partial charge in [0.05, 0.1) is 0 Å².